The summed E-state index contributed by atoms with van der Waals surface area (Å²) in [6.07, 6.45) is 0. The van der Waals surface area contributed by atoms with Crippen molar-refractivity contribution in [2.24, 2.45) is 0 Å². The van der Waals surface area contributed by atoms with Crippen LogP contribution in [0.3, 0.4) is 0 Å². The third kappa shape index (κ3) is 2.17. The van der Waals surface area contributed by atoms with Crippen LogP contribution >= 0.6 is 11.6 Å². The maximum atomic E-state index is 9.59. The molecule has 0 saturated heterocycles. The molecule has 4 rings (SSSR count). The van der Waals surface area contributed by atoms with Crippen LogP contribution in [0.4, 0.5) is 5.82 Å². The molecule has 4 aromatic rings. The topological polar surface area (TPSA) is 62.7 Å². The van der Waals surface area contributed by atoms with Crippen LogP contribution in [0.1, 0.15) is 5.56 Å². The van der Waals surface area contributed by atoms with Crippen molar-refractivity contribution in [1.29, 1.82) is 5.26 Å². The molecule has 0 atom stereocenters. The van der Waals surface area contributed by atoms with Crippen molar-refractivity contribution in [1.82, 2.24) is 4.98 Å². The van der Waals surface area contributed by atoms with Crippen molar-refractivity contribution in [3.63, 3.8) is 0 Å². The van der Waals surface area contributed by atoms with Gasteiger partial charge in [0.25, 0.3) is 0 Å². The molecular weight excluding hydrogens is 318 g/mol. The number of nitrogens with two attached hydrogens (primary N) is 1. The van der Waals surface area contributed by atoms with Gasteiger partial charge in [0, 0.05) is 21.4 Å². The zero-order valence-electron chi connectivity index (χ0n) is 12.6. The number of fused-ring (bicyclic) bond motifs is 3. The number of pyridine rings is 1. The summed E-state index contributed by atoms with van der Waals surface area (Å²) in [6.45, 7) is 0. The second-order valence-corrected chi connectivity index (χ2v) is 5.99. The van der Waals surface area contributed by atoms with Crippen molar-refractivity contribution in [2.45, 2.75) is 0 Å². The van der Waals surface area contributed by atoms with E-state index in [0.717, 1.165) is 32.8 Å². The minimum Gasteiger partial charge on any atom is -0.383 e. The second kappa shape index (κ2) is 5.52. The van der Waals surface area contributed by atoms with Gasteiger partial charge in [0.2, 0.25) is 0 Å². The van der Waals surface area contributed by atoms with Crippen molar-refractivity contribution in [3.05, 3.63) is 71.2 Å². The predicted octanol–water partition coefficient (Wildman–Crippen LogP) is 5.16. The number of rotatable bonds is 1. The first-order valence-electron chi connectivity index (χ1n) is 7.46. The van der Waals surface area contributed by atoms with Crippen molar-refractivity contribution in [2.75, 3.05) is 5.73 Å². The quantitative estimate of drug-likeness (QED) is 0.490. The maximum absolute atomic E-state index is 9.59. The molecule has 3 aromatic carbocycles. The monoisotopic (exact) mass is 329 g/mol. The van der Waals surface area contributed by atoms with Gasteiger partial charge in [-0.2, -0.15) is 5.26 Å². The van der Waals surface area contributed by atoms with Gasteiger partial charge in [-0.1, -0.05) is 60.1 Å². The number of hydrogen-bond donors (Lipinski definition) is 1. The van der Waals surface area contributed by atoms with Crippen molar-refractivity contribution >= 4 is 39.1 Å². The van der Waals surface area contributed by atoms with E-state index in [1.54, 1.807) is 0 Å². The van der Waals surface area contributed by atoms with Gasteiger partial charge in [-0.05, 0) is 23.1 Å². The minimum atomic E-state index is 0.242. The lowest BCUT2D eigenvalue weighted by atomic mass is 9.94. The molecule has 0 unspecified atom stereocenters. The largest absolute Gasteiger partial charge is 0.383 e. The van der Waals surface area contributed by atoms with E-state index in [1.165, 1.54) is 0 Å². The number of nitriles is 1. The average molecular weight is 330 g/mol. The van der Waals surface area contributed by atoms with Gasteiger partial charge in [0.1, 0.15) is 17.5 Å². The van der Waals surface area contributed by atoms with Gasteiger partial charge in [-0.25, -0.2) is 4.98 Å². The summed E-state index contributed by atoms with van der Waals surface area (Å²) in [5, 5.41) is 13.2. The van der Waals surface area contributed by atoms with Crippen LogP contribution < -0.4 is 5.73 Å². The summed E-state index contributed by atoms with van der Waals surface area (Å²) in [7, 11) is 0. The number of nitrogen functional groups attached to an aromatic ring is 1. The Morgan fingerprint density at radius 2 is 1.67 bits per heavy atom. The molecule has 3 nitrogen and oxygen atoms in total. The van der Waals surface area contributed by atoms with E-state index in [-0.39, 0.29) is 5.82 Å². The fourth-order valence-electron chi connectivity index (χ4n) is 3.05. The lowest BCUT2D eigenvalue weighted by molar-refractivity contribution is 1.38. The van der Waals surface area contributed by atoms with Crippen LogP contribution in [0.5, 0.6) is 0 Å². The number of aromatic nitrogens is 1. The maximum Gasteiger partial charge on any atom is 0.142 e. The summed E-state index contributed by atoms with van der Waals surface area (Å²) >= 11 is 6.00. The number of benzene rings is 3. The highest BCUT2D eigenvalue weighted by atomic mass is 35.5. The molecule has 0 radical (unpaired) electrons. The van der Waals surface area contributed by atoms with Crippen molar-refractivity contribution < 1.29 is 0 Å². The highest BCUT2D eigenvalue weighted by Crippen LogP contribution is 2.37. The first kappa shape index (κ1) is 14.5. The number of halogens is 1. The standard InChI is InChI=1S/C20H12ClN3/c21-14-8-5-13(6-9-14)18-16-10-7-12-3-1-2-4-15(12)19(16)24-20(23)17(18)11-22/h1-10H,(H2,23,24). The molecule has 1 heterocycles. The molecule has 0 spiro atoms. The SMILES string of the molecule is N#Cc1c(N)nc2c(ccc3ccccc32)c1-c1ccc(Cl)cc1. The third-order valence-corrected chi connectivity index (χ3v) is 4.40. The van der Waals surface area contributed by atoms with Crippen molar-refractivity contribution in [3.8, 4) is 17.2 Å². The van der Waals surface area contributed by atoms with Crippen LogP contribution in [0.25, 0.3) is 32.8 Å². The van der Waals surface area contributed by atoms with E-state index in [1.807, 2.05) is 60.7 Å². The molecule has 0 aliphatic carbocycles. The van der Waals surface area contributed by atoms with Gasteiger partial charge in [0.05, 0.1) is 5.52 Å². The zero-order valence-corrected chi connectivity index (χ0v) is 13.4. The second-order valence-electron chi connectivity index (χ2n) is 5.55. The van der Waals surface area contributed by atoms with E-state index < -0.39 is 0 Å². The van der Waals surface area contributed by atoms with Crippen LogP contribution in [-0.4, -0.2) is 4.98 Å². The molecule has 0 bridgehead atoms. The molecule has 0 amide bonds. The van der Waals surface area contributed by atoms with E-state index in [9.17, 15) is 5.26 Å². The summed E-state index contributed by atoms with van der Waals surface area (Å²) in [4.78, 5) is 4.51. The lowest BCUT2D eigenvalue weighted by Gasteiger charge is -2.13. The normalized spacial score (nSPS) is 10.8. The fraction of sp³-hybridized carbons (Fsp3) is 0. The summed E-state index contributed by atoms with van der Waals surface area (Å²) in [6, 6.07) is 21.6. The predicted molar refractivity (Wildman–Crippen MR) is 98.8 cm³/mol. The molecule has 2 N–H and O–H groups in total. The Morgan fingerprint density at radius 1 is 0.917 bits per heavy atom. The first-order valence-corrected chi connectivity index (χ1v) is 7.84. The Hall–Kier alpha value is -3.09. The highest BCUT2D eigenvalue weighted by molar-refractivity contribution is 6.30. The van der Waals surface area contributed by atoms with Crippen LogP contribution in [-0.2, 0) is 0 Å². The highest BCUT2D eigenvalue weighted by Gasteiger charge is 2.16. The molecular formula is C20H12ClN3. The lowest BCUT2D eigenvalue weighted by Crippen LogP contribution is -1.99. The van der Waals surface area contributed by atoms with Gasteiger partial charge in [-0.15, -0.1) is 0 Å². The number of nitrogens with zero attached hydrogens (tertiary/aromatic N) is 2. The average Bonchev–Trinajstić information content (AvgIpc) is 2.61. The van der Waals surface area contributed by atoms with Gasteiger partial charge in [0.15, 0.2) is 0 Å². The summed E-state index contributed by atoms with van der Waals surface area (Å²) in [5.41, 5.74) is 8.97. The van der Waals surface area contributed by atoms with Gasteiger partial charge >= 0.3 is 0 Å². The first-order chi connectivity index (χ1) is 11.7. The van der Waals surface area contributed by atoms with E-state index in [4.69, 9.17) is 17.3 Å². The van der Waals surface area contributed by atoms with Crippen LogP contribution in [0, 0.1) is 11.3 Å². The zero-order chi connectivity index (χ0) is 16.7. The van der Waals surface area contributed by atoms with Crippen LogP contribution in [0.2, 0.25) is 5.02 Å². The molecule has 0 aliphatic rings. The minimum absolute atomic E-state index is 0.242. The Morgan fingerprint density at radius 3 is 2.42 bits per heavy atom. The Balaban J connectivity index is 2.19. The Bertz CT molecular complexity index is 1130. The van der Waals surface area contributed by atoms with Crippen LogP contribution in [0.15, 0.2) is 60.7 Å². The Labute approximate surface area is 143 Å². The summed E-state index contributed by atoms with van der Waals surface area (Å²) < 4.78 is 0. The molecule has 1 aromatic heterocycles. The third-order valence-electron chi connectivity index (χ3n) is 4.15. The molecule has 4 heteroatoms. The molecule has 0 aliphatic heterocycles. The number of hydrogen-bond acceptors (Lipinski definition) is 3. The molecule has 0 saturated carbocycles. The van der Waals surface area contributed by atoms with Gasteiger partial charge < -0.3 is 5.73 Å². The van der Waals surface area contributed by atoms with E-state index in [2.05, 4.69) is 11.1 Å². The molecule has 24 heavy (non-hydrogen) atoms. The Kier molecular flexibility index (Phi) is 3.34. The van der Waals surface area contributed by atoms with E-state index >= 15 is 0 Å². The molecule has 0 fully saturated rings. The van der Waals surface area contributed by atoms with E-state index in [0.29, 0.717) is 10.6 Å². The fourth-order valence-corrected chi connectivity index (χ4v) is 3.17. The molecule has 114 valence electrons. The number of anilines is 1. The summed E-state index contributed by atoms with van der Waals surface area (Å²) in [5.74, 6) is 0.242. The van der Waals surface area contributed by atoms with Gasteiger partial charge in [-0.3, -0.25) is 0 Å². The smallest absolute Gasteiger partial charge is 0.142 e.